The summed E-state index contributed by atoms with van der Waals surface area (Å²) in [6, 6.07) is 10.7. The van der Waals surface area contributed by atoms with Crippen molar-refractivity contribution in [3.8, 4) is 12.3 Å². The van der Waals surface area contributed by atoms with Gasteiger partial charge in [-0.25, -0.2) is 8.78 Å². The fourth-order valence-electron chi connectivity index (χ4n) is 2.28. The smallest absolute Gasteiger partial charge is 0.123 e. The molecule has 0 saturated carbocycles. The Hall–Kier alpha value is -2.66. The van der Waals surface area contributed by atoms with E-state index in [1.54, 1.807) is 18.2 Å². The van der Waals surface area contributed by atoms with E-state index in [0.29, 0.717) is 5.57 Å². The highest BCUT2D eigenvalue weighted by molar-refractivity contribution is 6.05. The SMILES string of the molecule is C#CC1=CC(=Cc2ccc(F)cc2)c2ccc(F)cc21. The number of halogens is 2. The Kier molecular flexibility index (Phi) is 2.96. The maximum atomic E-state index is 13.3. The summed E-state index contributed by atoms with van der Waals surface area (Å²) in [5.41, 5.74) is 4.04. The lowest BCUT2D eigenvalue weighted by Crippen LogP contribution is -1.85. The van der Waals surface area contributed by atoms with Crippen molar-refractivity contribution < 1.29 is 8.78 Å². The van der Waals surface area contributed by atoms with E-state index in [2.05, 4.69) is 5.92 Å². The first-order valence-electron chi connectivity index (χ1n) is 6.13. The van der Waals surface area contributed by atoms with Crippen molar-refractivity contribution in [2.45, 2.75) is 0 Å². The Morgan fingerprint density at radius 3 is 2.30 bits per heavy atom. The third kappa shape index (κ3) is 2.15. The van der Waals surface area contributed by atoms with E-state index in [9.17, 15) is 8.78 Å². The molecule has 0 spiro atoms. The van der Waals surface area contributed by atoms with Crippen LogP contribution < -0.4 is 0 Å². The monoisotopic (exact) mass is 264 g/mol. The quantitative estimate of drug-likeness (QED) is 0.663. The molecular formula is C18H10F2. The van der Waals surface area contributed by atoms with Crippen molar-refractivity contribution in [2.75, 3.05) is 0 Å². The topological polar surface area (TPSA) is 0 Å². The first-order valence-corrected chi connectivity index (χ1v) is 6.13. The molecule has 0 amide bonds. The number of rotatable bonds is 1. The van der Waals surface area contributed by atoms with Crippen molar-refractivity contribution in [2.24, 2.45) is 0 Å². The Bertz CT molecular complexity index is 772. The number of benzene rings is 2. The van der Waals surface area contributed by atoms with Crippen LogP contribution in [0, 0.1) is 24.0 Å². The van der Waals surface area contributed by atoms with Gasteiger partial charge in [-0.3, -0.25) is 0 Å². The third-order valence-corrected chi connectivity index (χ3v) is 3.23. The molecule has 0 aliphatic heterocycles. The third-order valence-electron chi connectivity index (χ3n) is 3.23. The van der Waals surface area contributed by atoms with Crippen LogP contribution in [-0.2, 0) is 0 Å². The van der Waals surface area contributed by atoms with E-state index in [1.165, 1.54) is 24.3 Å². The van der Waals surface area contributed by atoms with E-state index in [1.807, 2.05) is 12.2 Å². The molecular weight excluding hydrogens is 254 g/mol. The zero-order valence-corrected chi connectivity index (χ0v) is 10.5. The summed E-state index contributed by atoms with van der Waals surface area (Å²) in [6.45, 7) is 0. The number of allylic oxidation sites excluding steroid dienone is 3. The van der Waals surface area contributed by atoms with Gasteiger partial charge in [0.05, 0.1) is 0 Å². The zero-order valence-electron chi connectivity index (χ0n) is 10.5. The molecule has 96 valence electrons. The summed E-state index contributed by atoms with van der Waals surface area (Å²) in [7, 11) is 0. The second-order valence-electron chi connectivity index (χ2n) is 4.54. The first-order chi connectivity index (χ1) is 9.67. The minimum Gasteiger partial charge on any atom is -0.207 e. The molecule has 0 saturated heterocycles. The van der Waals surface area contributed by atoms with Crippen LogP contribution in [0.15, 0.2) is 48.5 Å². The predicted molar refractivity (Wildman–Crippen MR) is 77.5 cm³/mol. The molecule has 0 atom stereocenters. The highest BCUT2D eigenvalue weighted by Crippen LogP contribution is 2.36. The minimum atomic E-state index is -0.312. The van der Waals surface area contributed by atoms with Crippen LogP contribution in [0.5, 0.6) is 0 Å². The Morgan fingerprint density at radius 2 is 1.60 bits per heavy atom. The predicted octanol–water partition coefficient (Wildman–Crippen LogP) is 4.54. The lowest BCUT2D eigenvalue weighted by Gasteiger charge is -2.02. The number of hydrogen-bond acceptors (Lipinski definition) is 0. The molecule has 2 heteroatoms. The maximum Gasteiger partial charge on any atom is 0.123 e. The lowest BCUT2D eigenvalue weighted by atomic mass is 10.0. The zero-order chi connectivity index (χ0) is 14.1. The van der Waals surface area contributed by atoms with Gasteiger partial charge in [0.15, 0.2) is 0 Å². The van der Waals surface area contributed by atoms with E-state index >= 15 is 0 Å². The van der Waals surface area contributed by atoms with Crippen molar-refractivity contribution in [1.82, 2.24) is 0 Å². The van der Waals surface area contributed by atoms with Crippen LogP contribution in [-0.4, -0.2) is 0 Å². The molecule has 2 aromatic rings. The molecule has 0 radical (unpaired) electrons. The van der Waals surface area contributed by atoms with Gasteiger partial charge < -0.3 is 0 Å². The van der Waals surface area contributed by atoms with Crippen molar-refractivity contribution >= 4 is 17.2 Å². The van der Waals surface area contributed by atoms with Crippen LogP contribution in [0.2, 0.25) is 0 Å². The van der Waals surface area contributed by atoms with Crippen LogP contribution in [0.4, 0.5) is 8.78 Å². The lowest BCUT2D eigenvalue weighted by molar-refractivity contribution is 0.627. The second kappa shape index (κ2) is 4.79. The fourth-order valence-corrected chi connectivity index (χ4v) is 2.28. The minimum absolute atomic E-state index is 0.277. The van der Waals surface area contributed by atoms with Crippen molar-refractivity contribution in [3.63, 3.8) is 0 Å². The van der Waals surface area contributed by atoms with Gasteiger partial charge in [-0.1, -0.05) is 24.1 Å². The highest BCUT2D eigenvalue weighted by atomic mass is 19.1. The molecule has 1 aliphatic carbocycles. The molecule has 0 fully saturated rings. The van der Waals surface area contributed by atoms with Gasteiger partial charge in [-0.15, -0.1) is 6.42 Å². The molecule has 2 aromatic carbocycles. The summed E-state index contributed by atoms with van der Waals surface area (Å²) >= 11 is 0. The summed E-state index contributed by atoms with van der Waals surface area (Å²) in [5, 5.41) is 0. The van der Waals surface area contributed by atoms with Gasteiger partial charge >= 0.3 is 0 Å². The molecule has 0 aromatic heterocycles. The van der Waals surface area contributed by atoms with Crippen molar-refractivity contribution in [1.29, 1.82) is 0 Å². The van der Waals surface area contributed by atoms with Crippen molar-refractivity contribution in [3.05, 3.63) is 76.9 Å². The average molecular weight is 264 g/mol. The van der Waals surface area contributed by atoms with E-state index in [-0.39, 0.29) is 11.6 Å². The normalized spacial score (nSPS) is 14.8. The largest absolute Gasteiger partial charge is 0.207 e. The summed E-state index contributed by atoms with van der Waals surface area (Å²) < 4.78 is 26.2. The molecule has 0 nitrogen and oxygen atoms in total. The fraction of sp³-hybridized carbons (Fsp3) is 0. The van der Waals surface area contributed by atoms with E-state index in [4.69, 9.17) is 6.42 Å². The van der Waals surface area contributed by atoms with Gasteiger partial charge in [-0.05, 0) is 53.1 Å². The average Bonchev–Trinajstić information content (AvgIpc) is 2.78. The van der Waals surface area contributed by atoms with Crippen LogP contribution in [0.1, 0.15) is 16.7 Å². The van der Waals surface area contributed by atoms with Crippen LogP contribution >= 0.6 is 0 Å². The van der Waals surface area contributed by atoms with Crippen LogP contribution in [0.3, 0.4) is 0 Å². The number of terminal acetylenes is 1. The highest BCUT2D eigenvalue weighted by Gasteiger charge is 2.17. The standard InChI is InChI=1S/C18H10F2/c1-2-13-10-14(9-12-3-5-15(19)6-4-12)17-8-7-16(20)11-18(13)17/h1,3-11H. The maximum absolute atomic E-state index is 13.3. The Balaban J connectivity index is 2.11. The molecule has 0 bridgehead atoms. The molecule has 0 heterocycles. The van der Waals surface area contributed by atoms with E-state index < -0.39 is 0 Å². The Morgan fingerprint density at radius 1 is 0.900 bits per heavy atom. The molecule has 0 N–H and O–H groups in total. The van der Waals surface area contributed by atoms with Gasteiger partial charge in [0.1, 0.15) is 11.6 Å². The molecule has 3 rings (SSSR count). The summed E-state index contributed by atoms with van der Waals surface area (Å²) in [6.07, 6.45) is 9.20. The Labute approximate surface area is 116 Å². The van der Waals surface area contributed by atoms with Crippen LogP contribution in [0.25, 0.3) is 17.2 Å². The summed E-state index contributed by atoms with van der Waals surface area (Å²) in [4.78, 5) is 0. The van der Waals surface area contributed by atoms with E-state index in [0.717, 1.165) is 22.3 Å². The van der Waals surface area contributed by atoms with Gasteiger partial charge in [0.2, 0.25) is 0 Å². The summed E-state index contributed by atoms with van der Waals surface area (Å²) in [5.74, 6) is 1.98. The van der Waals surface area contributed by atoms with Gasteiger partial charge in [-0.2, -0.15) is 0 Å². The number of hydrogen-bond donors (Lipinski definition) is 0. The molecule has 20 heavy (non-hydrogen) atoms. The first kappa shape index (κ1) is 12.4. The van der Waals surface area contributed by atoms with Gasteiger partial charge in [0.25, 0.3) is 0 Å². The van der Waals surface area contributed by atoms with Gasteiger partial charge in [0, 0.05) is 11.1 Å². The number of fused-ring (bicyclic) bond motifs is 1. The molecule has 0 unspecified atom stereocenters. The molecule has 1 aliphatic rings. The second-order valence-corrected chi connectivity index (χ2v) is 4.54.